The summed E-state index contributed by atoms with van der Waals surface area (Å²) in [5, 5.41) is 13.1. The first-order valence-electron chi connectivity index (χ1n) is 9.56. The highest BCUT2D eigenvalue weighted by atomic mass is 16.7. The summed E-state index contributed by atoms with van der Waals surface area (Å²) in [5.41, 5.74) is -0.383. The predicted octanol–water partition coefficient (Wildman–Crippen LogP) is 4.61. The van der Waals surface area contributed by atoms with E-state index in [-0.39, 0.29) is 17.6 Å². The van der Waals surface area contributed by atoms with Gasteiger partial charge in [0.1, 0.15) is 29.2 Å². The number of nitro groups is 1. The summed E-state index contributed by atoms with van der Waals surface area (Å²) in [4.78, 5) is 24.4. The third kappa shape index (κ3) is 5.80. The molecule has 3 aromatic rings. The third-order valence-corrected chi connectivity index (χ3v) is 4.16. The van der Waals surface area contributed by atoms with E-state index in [4.69, 9.17) is 19.0 Å². The number of benzene rings is 2. The van der Waals surface area contributed by atoms with Crippen molar-refractivity contribution < 1.29 is 24.0 Å². The Balaban J connectivity index is 1.77. The van der Waals surface area contributed by atoms with Gasteiger partial charge in [-0.2, -0.15) is 9.97 Å². The fourth-order valence-corrected chi connectivity index (χ4v) is 2.53. The molecule has 31 heavy (non-hydrogen) atoms. The summed E-state index contributed by atoms with van der Waals surface area (Å²) in [7, 11) is 1.54. The zero-order valence-electron chi connectivity index (χ0n) is 17.3. The molecule has 10 nitrogen and oxygen atoms in total. The van der Waals surface area contributed by atoms with E-state index in [9.17, 15) is 10.1 Å². The lowest BCUT2D eigenvalue weighted by Gasteiger charge is -2.18. The van der Waals surface area contributed by atoms with Crippen molar-refractivity contribution in [3.05, 3.63) is 64.8 Å². The number of nitrogens with zero attached hydrogens (tertiary/aromatic N) is 4. The molecule has 2 aromatic carbocycles. The zero-order chi connectivity index (χ0) is 22.2. The minimum absolute atomic E-state index is 0.0912. The van der Waals surface area contributed by atoms with Gasteiger partial charge in [-0.15, -0.1) is 5.06 Å². The number of rotatable bonds is 10. The van der Waals surface area contributed by atoms with Crippen molar-refractivity contribution in [2.75, 3.05) is 20.2 Å². The largest absolute Gasteiger partial charge is 0.497 e. The van der Waals surface area contributed by atoms with Crippen LogP contribution < -0.4 is 19.0 Å². The normalized spacial score (nSPS) is 10.6. The molecule has 0 N–H and O–H groups in total. The molecule has 0 bridgehead atoms. The van der Waals surface area contributed by atoms with Crippen molar-refractivity contribution in [2.45, 2.75) is 13.8 Å². The van der Waals surface area contributed by atoms with E-state index in [1.807, 2.05) is 13.8 Å². The Morgan fingerprint density at radius 3 is 2.00 bits per heavy atom. The Morgan fingerprint density at radius 1 is 0.903 bits per heavy atom. The molecule has 10 heteroatoms. The van der Waals surface area contributed by atoms with Gasteiger partial charge in [0.05, 0.1) is 12.0 Å². The highest BCUT2D eigenvalue weighted by molar-refractivity contribution is 5.43. The molecule has 0 aliphatic heterocycles. The van der Waals surface area contributed by atoms with Crippen molar-refractivity contribution in [3.8, 4) is 34.9 Å². The van der Waals surface area contributed by atoms with Gasteiger partial charge in [0.15, 0.2) is 0 Å². The lowest BCUT2D eigenvalue weighted by Crippen LogP contribution is -2.26. The topological polar surface area (TPSA) is 109 Å². The van der Waals surface area contributed by atoms with E-state index in [2.05, 4.69) is 9.97 Å². The second-order valence-electron chi connectivity index (χ2n) is 6.16. The first-order chi connectivity index (χ1) is 15.0. The first kappa shape index (κ1) is 21.8. The van der Waals surface area contributed by atoms with Crippen LogP contribution in [0, 0.1) is 10.1 Å². The average Bonchev–Trinajstić information content (AvgIpc) is 2.79. The van der Waals surface area contributed by atoms with Crippen LogP contribution in [0.2, 0.25) is 0 Å². The number of ether oxygens (including phenoxy) is 3. The zero-order valence-corrected chi connectivity index (χ0v) is 17.3. The van der Waals surface area contributed by atoms with Gasteiger partial charge in [-0.25, -0.2) is 0 Å². The number of hydrogen-bond donors (Lipinski definition) is 0. The molecule has 0 aliphatic carbocycles. The molecule has 0 radical (unpaired) electrons. The van der Waals surface area contributed by atoms with Crippen LogP contribution in [0.4, 0.5) is 5.69 Å². The number of hydrogen-bond acceptors (Lipinski definition) is 9. The lowest BCUT2D eigenvalue weighted by atomic mass is 10.3. The van der Waals surface area contributed by atoms with Crippen LogP contribution in [0.15, 0.2) is 54.7 Å². The van der Waals surface area contributed by atoms with Crippen LogP contribution in [0.25, 0.3) is 0 Å². The number of aromatic nitrogens is 2. The lowest BCUT2D eigenvalue weighted by molar-refractivity contribution is -0.386. The number of methoxy groups -OCH3 is 1. The Hall–Kier alpha value is -3.92. The Morgan fingerprint density at radius 2 is 1.45 bits per heavy atom. The monoisotopic (exact) mass is 426 g/mol. The smallest absolute Gasteiger partial charge is 0.349 e. The highest BCUT2D eigenvalue weighted by Crippen LogP contribution is 2.32. The molecular formula is C21H22N4O6. The first-order valence-corrected chi connectivity index (χ1v) is 9.56. The maximum Gasteiger partial charge on any atom is 0.349 e. The van der Waals surface area contributed by atoms with E-state index in [1.165, 1.54) is 7.11 Å². The van der Waals surface area contributed by atoms with Gasteiger partial charge in [-0.3, -0.25) is 10.1 Å². The molecule has 3 rings (SSSR count). The molecule has 0 unspecified atom stereocenters. The van der Waals surface area contributed by atoms with Gasteiger partial charge >= 0.3 is 17.6 Å². The molecule has 0 atom stereocenters. The molecule has 0 spiro atoms. The van der Waals surface area contributed by atoms with Crippen molar-refractivity contribution in [1.29, 1.82) is 0 Å². The quantitative estimate of drug-likeness (QED) is 0.339. The minimum atomic E-state index is -0.623. The summed E-state index contributed by atoms with van der Waals surface area (Å²) in [5.74, 6) is 1.84. The second kappa shape index (κ2) is 10.2. The minimum Gasteiger partial charge on any atom is -0.497 e. The van der Waals surface area contributed by atoms with Crippen molar-refractivity contribution >= 4 is 5.69 Å². The molecule has 1 aromatic heterocycles. The van der Waals surface area contributed by atoms with Crippen LogP contribution in [0.5, 0.6) is 34.9 Å². The van der Waals surface area contributed by atoms with E-state index < -0.39 is 4.92 Å². The van der Waals surface area contributed by atoms with Crippen molar-refractivity contribution in [1.82, 2.24) is 15.0 Å². The summed E-state index contributed by atoms with van der Waals surface area (Å²) in [6.07, 6.45) is 1.04. The van der Waals surface area contributed by atoms with Gasteiger partial charge in [-0.05, 0) is 62.4 Å². The van der Waals surface area contributed by atoms with Gasteiger partial charge in [0.2, 0.25) is 0 Å². The molecule has 162 valence electrons. The maximum atomic E-state index is 11.3. The molecule has 0 amide bonds. The second-order valence-corrected chi connectivity index (χ2v) is 6.16. The van der Waals surface area contributed by atoms with E-state index in [1.54, 1.807) is 53.6 Å². The maximum absolute atomic E-state index is 11.3. The standard InChI is InChI=1S/C21H22N4O6/c1-4-24(5-2)31-18-12-10-17(11-13-18)30-21-22-14-19(25(26)27)20(23-21)29-16-8-6-15(28-3)7-9-16/h6-14H,4-5H2,1-3H3. The van der Waals surface area contributed by atoms with Gasteiger partial charge in [0, 0.05) is 13.1 Å². The molecule has 1 heterocycles. The van der Waals surface area contributed by atoms with E-state index in [0.717, 1.165) is 19.3 Å². The molecule has 0 saturated heterocycles. The molecule has 0 fully saturated rings. The Bertz CT molecular complexity index is 1010. The molecule has 0 saturated carbocycles. The summed E-state index contributed by atoms with van der Waals surface area (Å²) in [6.45, 7) is 5.50. The van der Waals surface area contributed by atoms with E-state index in [0.29, 0.717) is 23.0 Å². The number of hydroxylamine groups is 2. The SMILES string of the molecule is CCN(CC)Oc1ccc(Oc2ncc([N+](=O)[O-])c(Oc3ccc(OC)cc3)n2)cc1. The summed E-state index contributed by atoms with van der Waals surface area (Å²) < 4.78 is 16.3. The van der Waals surface area contributed by atoms with Crippen molar-refractivity contribution in [2.24, 2.45) is 0 Å². The van der Waals surface area contributed by atoms with Crippen LogP contribution in [-0.4, -0.2) is 40.2 Å². The van der Waals surface area contributed by atoms with E-state index >= 15 is 0 Å². The third-order valence-electron chi connectivity index (χ3n) is 4.16. The predicted molar refractivity (Wildman–Crippen MR) is 112 cm³/mol. The fourth-order valence-electron chi connectivity index (χ4n) is 2.53. The molecular weight excluding hydrogens is 404 g/mol. The highest BCUT2D eigenvalue weighted by Gasteiger charge is 2.21. The molecule has 0 aliphatic rings. The van der Waals surface area contributed by atoms with Crippen LogP contribution in [0.1, 0.15) is 13.8 Å². The van der Waals surface area contributed by atoms with Gasteiger partial charge < -0.3 is 19.0 Å². The van der Waals surface area contributed by atoms with Crippen molar-refractivity contribution in [3.63, 3.8) is 0 Å². The summed E-state index contributed by atoms with van der Waals surface area (Å²) >= 11 is 0. The van der Waals surface area contributed by atoms with Gasteiger partial charge in [-0.1, -0.05) is 0 Å². The fraction of sp³-hybridized carbons (Fsp3) is 0.238. The van der Waals surface area contributed by atoms with Crippen LogP contribution in [-0.2, 0) is 0 Å². The Kier molecular flexibility index (Phi) is 7.17. The summed E-state index contributed by atoms with van der Waals surface area (Å²) in [6, 6.07) is 13.3. The van der Waals surface area contributed by atoms with Gasteiger partial charge in [0.25, 0.3) is 0 Å². The van der Waals surface area contributed by atoms with Crippen LogP contribution >= 0.6 is 0 Å². The van der Waals surface area contributed by atoms with Crippen LogP contribution in [0.3, 0.4) is 0 Å². The Labute approximate surface area is 179 Å². The average molecular weight is 426 g/mol.